The predicted molar refractivity (Wildman–Crippen MR) is 73.3 cm³/mol. The third kappa shape index (κ3) is 2.93. The summed E-state index contributed by atoms with van der Waals surface area (Å²) in [7, 11) is -2.06. The third-order valence-corrected chi connectivity index (χ3v) is 4.85. The molecule has 1 aromatic heterocycles. The van der Waals surface area contributed by atoms with E-state index < -0.39 is 10.0 Å². The Morgan fingerprint density at radius 2 is 2.25 bits per heavy atom. The Morgan fingerprint density at radius 1 is 1.55 bits per heavy atom. The maximum Gasteiger partial charge on any atom is 0.246 e. The Labute approximate surface area is 118 Å². The molecule has 1 atom stereocenters. The van der Waals surface area contributed by atoms with Crippen LogP contribution in [0.5, 0.6) is 0 Å². The average molecular weight is 301 g/mol. The minimum atomic E-state index is -3.72. The molecule has 9 heteroatoms. The summed E-state index contributed by atoms with van der Waals surface area (Å²) in [5.41, 5.74) is 5.64. The van der Waals surface area contributed by atoms with E-state index in [-0.39, 0.29) is 22.7 Å². The van der Waals surface area contributed by atoms with Crippen LogP contribution < -0.4 is 10.5 Å². The van der Waals surface area contributed by atoms with Crippen LogP contribution in [0.15, 0.2) is 11.1 Å². The molecule has 0 bridgehead atoms. The Hall–Kier alpha value is -1.61. The SMILES string of the molecule is CCn1cc(S(=O)(=O)NC2CCC(=O)N(C)C2)c(N)n1. The lowest BCUT2D eigenvalue weighted by Gasteiger charge is -2.29. The fraction of sp³-hybridized carbons (Fsp3) is 0.636. The first kappa shape index (κ1) is 14.8. The number of aryl methyl sites for hydroxylation is 1. The van der Waals surface area contributed by atoms with Crippen molar-refractivity contribution in [2.45, 2.75) is 37.2 Å². The standard InChI is InChI=1S/C11H19N5O3S/c1-3-16-7-9(11(12)13-16)20(18,19)14-8-4-5-10(17)15(2)6-8/h7-8,14H,3-6H2,1-2H3,(H2,12,13). The van der Waals surface area contributed by atoms with Gasteiger partial charge in [-0.05, 0) is 13.3 Å². The molecule has 0 aromatic carbocycles. The molecule has 1 aliphatic heterocycles. The summed E-state index contributed by atoms with van der Waals surface area (Å²) in [5, 5.41) is 3.93. The van der Waals surface area contributed by atoms with E-state index in [0.29, 0.717) is 25.9 Å². The second kappa shape index (κ2) is 5.41. The van der Waals surface area contributed by atoms with Gasteiger partial charge in [-0.15, -0.1) is 0 Å². The first-order valence-electron chi connectivity index (χ1n) is 6.42. The highest BCUT2D eigenvalue weighted by Gasteiger charge is 2.29. The van der Waals surface area contributed by atoms with Gasteiger partial charge in [0.15, 0.2) is 5.82 Å². The molecule has 0 spiro atoms. The number of likely N-dealkylation sites (N-methyl/N-ethyl adjacent to an activating group) is 1. The minimum Gasteiger partial charge on any atom is -0.381 e. The van der Waals surface area contributed by atoms with Crippen LogP contribution >= 0.6 is 0 Å². The van der Waals surface area contributed by atoms with E-state index in [0.717, 1.165) is 0 Å². The summed E-state index contributed by atoms with van der Waals surface area (Å²) in [6.07, 6.45) is 2.24. The maximum absolute atomic E-state index is 12.3. The number of hydrogen-bond acceptors (Lipinski definition) is 5. The van der Waals surface area contributed by atoms with Crippen molar-refractivity contribution in [3.63, 3.8) is 0 Å². The number of carbonyl (C=O) groups is 1. The number of sulfonamides is 1. The molecule has 0 aliphatic carbocycles. The van der Waals surface area contributed by atoms with Crippen LogP contribution in [0.1, 0.15) is 19.8 Å². The molecule has 0 saturated carbocycles. The Balaban J connectivity index is 2.15. The number of piperidine rings is 1. The average Bonchev–Trinajstić information content (AvgIpc) is 2.76. The van der Waals surface area contributed by atoms with Gasteiger partial charge in [-0.25, -0.2) is 13.1 Å². The lowest BCUT2D eigenvalue weighted by molar-refractivity contribution is -0.132. The largest absolute Gasteiger partial charge is 0.381 e. The molecule has 1 saturated heterocycles. The quantitative estimate of drug-likeness (QED) is 0.770. The van der Waals surface area contributed by atoms with Crippen molar-refractivity contribution < 1.29 is 13.2 Å². The molecule has 2 rings (SSSR count). The summed E-state index contributed by atoms with van der Waals surface area (Å²) in [5.74, 6) is 0.0124. The molecule has 0 radical (unpaired) electrons. The molecule has 112 valence electrons. The maximum atomic E-state index is 12.3. The molecule has 3 N–H and O–H groups in total. The van der Waals surface area contributed by atoms with E-state index in [2.05, 4.69) is 9.82 Å². The number of carbonyl (C=O) groups excluding carboxylic acids is 1. The summed E-state index contributed by atoms with van der Waals surface area (Å²) in [4.78, 5) is 12.9. The van der Waals surface area contributed by atoms with Crippen LogP contribution in [0.3, 0.4) is 0 Å². The van der Waals surface area contributed by atoms with Crippen molar-refractivity contribution in [2.75, 3.05) is 19.3 Å². The molecule has 8 nitrogen and oxygen atoms in total. The van der Waals surface area contributed by atoms with Crippen molar-refractivity contribution in [3.8, 4) is 0 Å². The number of hydrogen-bond donors (Lipinski definition) is 2. The van der Waals surface area contributed by atoms with Gasteiger partial charge in [0, 0.05) is 38.8 Å². The molecule has 1 amide bonds. The smallest absolute Gasteiger partial charge is 0.246 e. The number of aromatic nitrogens is 2. The normalized spacial score (nSPS) is 20.4. The number of likely N-dealkylation sites (tertiary alicyclic amines) is 1. The second-order valence-corrected chi connectivity index (χ2v) is 6.55. The molecule has 1 unspecified atom stereocenters. The van der Waals surface area contributed by atoms with E-state index in [4.69, 9.17) is 5.73 Å². The first-order valence-corrected chi connectivity index (χ1v) is 7.91. The minimum absolute atomic E-state index is 0.0143. The topological polar surface area (TPSA) is 110 Å². The fourth-order valence-electron chi connectivity index (χ4n) is 2.18. The van der Waals surface area contributed by atoms with E-state index in [1.807, 2.05) is 6.92 Å². The van der Waals surface area contributed by atoms with Gasteiger partial charge in [0.25, 0.3) is 0 Å². The number of nitrogen functional groups attached to an aromatic ring is 1. The highest BCUT2D eigenvalue weighted by molar-refractivity contribution is 7.89. The van der Waals surface area contributed by atoms with Gasteiger partial charge in [-0.1, -0.05) is 0 Å². The predicted octanol–water partition coefficient (Wildman–Crippen LogP) is -0.616. The third-order valence-electron chi connectivity index (χ3n) is 3.32. The van der Waals surface area contributed by atoms with Crippen LogP contribution in [0.2, 0.25) is 0 Å². The van der Waals surface area contributed by atoms with Crippen molar-refractivity contribution in [3.05, 3.63) is 6.20 Å². The highest BCUT2D eigenvalue weighted by atomic mass is 32.2. The van der Waals surface area contributed by atoms with Gasteiger partial charge in [0.1, 0.15) is 4.90 Å². The van der Waals surface area contributed by atoms with Crippen LogP contribution in [0, 0.1) is 0 Å². The number of nitrogens with one attached hydrogen (secondary N) is 1. The number of amides is 1. The van der Waals surface area contributed by atoms with Gasteiger partial charge in [0.2, 0.25) is 15.9 Å². The number of anilines is 1. The highest BCUT2D eigenvalue weighted by Crippen LogP contribution is 2.18. The van der Waals surface area contributed by atoms with Gasteiger partial charge < -0.3 is 10.6 Å². The number of nitrogens with two attached hydrogens (primary N) is 1. The first-order chi connectivity index (χ1) is 9.33. The zero-order valence-corrected chi connectivity index (χ0v) is 12.4. The zero-order valence-electron chi connectivity index (χ0n) is 11.5. The van der Waals surface area contributed by atoms with Gasteiger partial charge in [-0.3, -0.25) is 9.48 Å². The Kier molecular flexibility index (Phi) is 4.00. The number of nitrogens with zero attached hydrogens (tertiary/aromatic N) is 3. The lowest BCUT2D eigenvalue weighted by Crippen LogP contribution is -2.48. The lowest BCUT2D eigenvalue weighted by atomic mass is 10.1. The van der Waals surface area contributed by atoms with Crippen LogP contribution in [-0.4, -0.2) is 48.6 Å². The van der Waals surface area contributed by atoms with E-state index >= 15 is 0 Å². The molecule has 1 aliphatic rings. The van der Waals surface area contributed by atoms with Gasteiger partial charge in [0.05, 0.1) is 0 Å². The van der Waals surface area contributed by atoms with E-state index in [1.54, 1.807) is 7.05 Å². The van der Waals surface area contributed by atoms with Gasteiger partial charge >= 0.3 is 0 Å². The van der Waals surface area contributed by atoms with Crippen LogP contribution in [0.25, 0.3) is 0 Å². The Morgan fingerprint density at radius 3 is 2.80 bits per heavy atom. The molecule has 1 fully saturated rings. The molecule has 1 aromatic rings. The zero-order chi connectivity index (χ0) is 14.9. The summed E-state index contributed by atoms with van der Waals surface area (Å²) < 4.78 is 28.6. The number of rotatable bonds is 4. The van der Waals surface area contributed by atoms with Crippen molar-refractivity contribution >= 4 is 21.7 Å². The summed E-state index contributed by atoms with van der Waals surface area (Å²) in [6, 6.07) is -0.299. The van der Waals surface area contributed by atoms with Crippen molar-refractivity contribution in [1.82, 2.24) is 19.4 Å². The second-order valence-electron chi connectivity index (χ2n) is 4.87. The van der Waals surface area contributed by atoms with Crippen molar-refractivity contribution in [2.24, 2.45) is 0 Å². The van der Waals surface area contributed by atoms with E-state index in [1.165, 1.54) is 15.8 Å². The molecular formula is C11H19N5O3S. The van der Waals surface area contributed by atoms with Crippen LogP contribution in [0.4, 0.5) is 5.82 Å². The van der Waals surface area contributed by atoms with E-state index in [9.17, 15) is 13.2 Å². The molecule has 2 heterocycles. The monoisotopic (exact) mass is 301 g/mol. The Bertz CT molecular complexity index is 610. The van der Waals surface area contributed by atoms with Crippen molar-refractivity contribution in [1.29, 1.82) is 0 Å². The molecule has 20 heavy (non-hydrogen) atoms. The fourth-order valence-corrected chi connectivity index (χ4v) is 3.51. The van der Waals surface area contributed by atoms with Crippen LogP contribution in [-0.2, 0) is 21.4 Å². The summed E-state index contributed by atoms with van der Waals surface area (Å²) in [6.45, 7) is 2.75. The molecular weight excluding hydrogens is 282 g/mol. The van der Waals surface area contributed by atoms with Gasteiger partial charge in [-0.2, -0.15) is 5.10 Å². The summed E-state index contributed by atoms with van der Waals surface area (Å²) >= 11 is 0.